The normalized spacial score (nSPS) is 10.2. The van der Waals surface area contributed by atoms with Gasteiger partial charge in [0.05, 0.1) is 18.2 Å². The Morgan fingerprint density at radius 1 is 1.80 bits per heavy atom. The molecular weight excluding hydrogens is 130 g/mol. The fourth-order valence-electron chi connectivity index (χ4n) is 0.838. The summed E-state index contributed by atoms with van der Waals surface area (Å²) in [5, 5.41) is 0. The van der Waals surface area contributed by atoms with Crippen LogP contribution in [0.2, 0.25) is 0 Å². The van der Waals surface area contributed by atoms with Gasteiger partial charge in [-0.3, -0.25) is 4.84 Å². The van der Waals surface area contributed by atoms with E-state index in [1.54, 1.807) is 12.5 Å². The van der Waals surface area contributed by atoms with Crippen LogP contribution in [-0.4, -0.2) is 9.55 Å². The Hall–Kier alpha value is -0.870. The summed E-state index contributed by atoms with van der Waals surface area (Å²) in [4.78, 5) is 8.41. The molecule has 0 saturated heterocycles. The van der Waals surface area contributed by atoms with E-state index in [1.807, 2.05) is 11.5 Å². The zero-order valence-corrected chi connectivity index (χ0v) is 5.95. The first-order valence-corrected chi connectivity index (χ1v) is 3.19. The lowest BCUT2D eigenvalue weighted by atomic mass is 10.5. The van der Waals surface area contributed by atoms with Crippen molar-refractivity contribution >= 4 is 0 Å². The van der Waals surface area contributed by atoms with E-state index in [1.165, 1.54) is 0 Å². The predicted molar refractivity (Wildman–Crippen MR) is 36.9 cm³/mol. The van der Waals surface area contributed by atoms with E-state index in [0.717, 1.165) is 12.2 Å². The molecule has 0 unspecified atom stereocenters. The van der Waals surface area contributed by atoms with Gasteiger partial charge in [-0.2, -0.15) is 0 Å². The Bertz CT molecular complexity index is 197. The Balaban J connectivity index is 2.70. The average Bonchev–Trinajstić information content (AvgIpc) is 2.36. The maximum atomic E-state index is 4.90. The van der Waals surface area contributed by atoms with Crippen molar-refractivity contribution in [2.24, 2.45) is 5.90 Å². The van der Waals surface area contributed by atoms with E-state index in [0.29, 0.717) is 6.61 Å². The molecule has 0 spiro atoms. The lowest BCUT2D eigenvalue weighted by Gasteiger charge is -2.01. The SMILES string of the molecule is CCn1cncc1CON. The molecule has 0 aliphatic carbocycles. The largest absolute Gasteiger partial charge is 0.333 e. The summed E-state index contributed by atoms with van der Waals surface area (Å²) < 4.78 is 1.98. The Kier molecular flexibility index (Phi) is 2.42. The lowest BCUT2D eigenvalue weighted by Crippen LogP contribution is -2.04. The smallest absolute Gasteiger partial charge is 0.110 e. The summed E-state index contributed by atoms with van der Waals surface area (Å²) in [6.07, 6.45) is 3.50. The van der Waals surface area contributed by atoms with Gasteiger partial charge < -0.3 is 4.57 Å². The molecular formula is C6H11N3O. The molecule has 4 heteroatoms. The van der Waals surface area contributed by atoms with E-state index in [4.69, 9.17) is 5.90 Å². The van der Waals surface area contributed by atoms with E-state index in [-0.39, 0.29) is 0 Å². The molecule has 4 nitrogen and oxygen atoms in total. The number of rotatable bonds is 3. The van der Waals surface area contributed by atoms with Gasteiger partial charge in [-0.05, 0) is 6.92 Å². The molecule has 0 aliphatic heterocycles. The van der Waals surface area contributed by atoms with Crippen LogP contribution in [0.25, 0.3) is 0 Å². The van der Waals surface area contributed by atoms with Crippen LogP contribution in [0, 0.1) is 0 Å². The highest BCUT2D eigenvalue weighted by Gasteiger charge is 1.97. The minimum Gasteiger partial charge on any atom is -0.333 e. The maximum Gasteiger partial charge on any atom is 0.110 e. The molecule has 0 radical (unpaired) electrons. The summed E-state index contributed by atoms with van der Waals surface area (Å²) in [6.45, 7) is 3.37. The molecule has 1 aromatic heterocycles. The first-order chi connectivity index (χ1) is 4.88. The van der Waals surface area contributed by atoms with Gasteiger partial charge in [0, 0.05) is 6.54 Å². The van der Waals surface area contributed by atoms with Gasteiger partial charge >= 0.3 is 0 Å². The van der Waals surface area contributed by atoms with E-state index in [2.05, 4.69) is 9.82 Å². The molecule has 1 rings (SSSR count). The number of hydrogen-bond donors (Lipinski definition) is 1. The molecule has 0 atom stereocenters. The van der Waals surface area contributed by atoms with Crippen molar-refractivity contribution in [3.8, 4) is 0 Å². The quantitative estimate of drug-likeness (QED) is 0.616. The van der Waals surface area contributed by atoms with Crippen LogP contribution in [0.1, 0.15) is 12.6 Å². The Labute approximate surface area is 59.6 Å². The molecule has 0 amide bonds. The van der Waals surface area contributed by atoms with Gasteiger partial charge in [0.15, 0.2) is 0 Å². The standard InChI is InChI=1S/C6H11N3O/c1-2-9-5-8-3-6(9)4-10-7/h3,5H,2,4,7H2,1H3. The summed E-state index contributed by atoms with van der Waals surface area (Å²) in [6, 6.07) is 0. The third-order valence-corrected chi connectivity index (χ3v) is 1.37. The van der Waals surface area contributed by atoms with Crippen molar-refractivity contribution in [2.75, 3.05) is 0 Å². The van der Waals surface area contributed by atoms with Gasteiger partial charge in [-0.25, -0.2) is 10.9 Å². The van der Waals surface area contributed by atoms with Crippen LogP contribution in [0.3, 0.4) is 0 Å². The number of hydrogen-bond acceptors (Lipinski definition) is 3. The van der Waals surface area contributed by atoms with Gasteiger partial charge in [-0.1, -0.05) is 0 Å². The highest BCUT2D eigenvalue weighted by Crippen LogP contribution is 1.98. The second kappa shape index (κ2) is 3.34. The van der Waals surface area contributed by atoms with Crippen LogP contribution in [0.5, 0.6) is 0 Å². The molecule has 0 aromatic carbocycles. The Morgan fingerprint density at radius 3 is 3.20 bits per heavy atom. The molecule has 2 N–H and O–H groups in total. The molecule has 0 fully saturated rings. The monoisotopic (exact) mass is 141 g/mol. The summed E-state index contributed by atoms with van der Waals surface area (Å²) in [5.74, 6) is 4.90. The lowest BCUT2D eigenvalue weighted by molar-refractivity contribution is 0.119. The van der Waals surface area contributed by atoms with Crippen molar-refractivity contribution in [1.82, 2.24) is 9.55 Å². The molecule has 56 valence electrons. The highest BCUT2D eigenvalue weighted by molar-refractivity contribution is 4.95. The number of aryl methyl sites for hydroxylation is 1. The van der Waals surface area contributed by atoms with E-state index < -0.39 is 0 Å². The maximum absolute atomic E-state index is 4.90. The van der Waals surface area contributed by atoms with Crippen molar-refractivity contribution in [3.63, 3.8) is 0 Å². The number of nitrogens with two attached hydrogens (primary N) is 1. The molecule has 0 bridgehead atoms. The average molecular weight is 141 g/mol. The summed E-state index contributed by atoms with van der Waals surface area (Å²) in [5.41, 5.74) is 1.00. The molecule has 0 aliphatic rings. The fourth-order valence-corrected chi connectivity index (χ4v) is 0.838. The van der Waals surface area contributed by atoms with Crippen molar-refractivity contribution in [2.45, 2.75) is 20.1 Å². The zero-order valence-electron chi connectivity index (χ0n) is 5.95. The minimum atomic E-state index is 0.424. The molecule has 0 saturated carbocycles. The molecule has 10 heavy (non-hydrogen) atoms. The van der Waals surface area contributed by atoms with Gasteiger partial charge in [0.1, 0.15) is 6.61 Å². The molecule has 1 aromatic rings. The topological polar surface area (TPSA) is 53.1 Å². The van der Waals surface area contributed by atoms with E-state index in [9.17, 15) is 0 Å². The first kappa shape index (κ1) is 7.24. The third kappa shape index (κ3) is 1.34. The first-order valence-electron chi connectivity index (χ1n) is 3.19. The van der Waals surface area contributed by atoms with Crippen molar-refractivity contribution in [3.05, 3.63) is 18.2 Å². The van der Waals surface area contributed by atoms with Crippen LogP contribution in [0.4, 0.5) is 0 Å². The van der Waals surface area contributed by atoms with Crippen LogP contribution in [0.15, 0.2) is 12.5 Å². The molecule has 1 heterocycles. The second-order valence-electron chi connectivity index (χ2n) is 1.98. The van der Waals surface area contributed by atoms with Crippen LogP contribution in [-0.2, 0) is 18.0 Å². The number of imidazole rings is 1. The third-order valence-electron chi connectivity index (χ3n) is 1.37. The van der Waals surface area contributed by atoms with Crippen molar-refractivity contribution < 1.29 is 4.84 Å². The zero-order chi connectivity index (χ0) is 7.40. The minimum absolute atomic E-state index is 0.424. The highest BCUT2D eigenvalue weighted by atomic mass is 16.6. The van der Waals surface area contributed by atoms with Gasteiger partial charge in [-0.15, -0.1) is 0 Å². The Morgan fingerprint density at radius 2 is 2.60 bits per heavy atom. The van der Waals surface area contributed by atoms with Gasteiger partial charge in [0.2, 0.25) is 0 Å². The van der Waals surface area contributed by atoms with Crippen molar-refractivity contribution in [1.29, 1.82) is 0 Å². The summed E-state index contributed by atoms with van der Waals surface area (Å²) in [7, 11) is 0. The fraction of sp³-hybridized carbons (Fsp3) is 0.500. The number of aromatic nitrogens is 2. The summed E-state index contributed by atoms with van der Waals surface area (Å²) >= 11 is 0. The van der Waals surface area contributed by atoms with Crippen LogP contribution >= 0.6 is 0 Å². The second-order valence-corrected chi connectivity index (χ2v) is 1.98. The predicted octanol–water partition coefficient (Wildman–Crippen LogP) is 0.293. The van der Waals surface area contributed by atoms with E-state index >= 15 is 0 Å². The number of nitrogens with zero attached hydrogens (tertiary/aromatic N) is 2. The van der Waals surface area contributed by atoms with Crippen LogP contribution < -0.4 is 5.90 Å². The van der Waals surface area contributed by atoms with Gasteiger partial charge in [0.25, 0.3) is 0 Å².